The fraction of sp³-hybridized carbons (Fsp3) is 0.636. The Bertz CT molecular complexity index is 778. The van der Waals surface area contributed by atoms with Gasteiger partial charge in [0.25, 0.3) is 0 Å². The molecule has 6 heteroatoms. The van der Waals surface area contributed by atoms with E-state index in [1.54, 1.807) is 18.2 Å². The second kappa shape index (κ2) is 6.75. The summed E-state index contributed by atoms with van der Waals surface area (Å²) in [6.07, 6.45) is 3.94. The van der Waals surface area contributed by atoms with E-state index in [-0.39, 0.29) is 23.8 Å². The normalized spacial score (nSPS) is 33.4. The third-order valence-electron chi connectivity index (χ3n) is 6.80. The molecule has 5 nitrogen and oxygen atoms in total. The molecule has 1 aromatic carbocycles. The van der Waals surface area contributed by atoms with Crippen molar-refractivity contribution in [2.45, 2.75) is 63.2 Å². The number of carbonyl (C=O) groups excluding carboxylic acids is 2. The van der Waals surface area contributed by atoms with E-state index in [1.807, 2.05) is 19.9 Å². The summed E-state index contributed by atoms with van der Waals surface area (Å²) in [4.78, 5) is 24.8. The van der Waals surface area contributed by atoms with Crippen LogP contribution in [0.15, 0.2) is 24.3 Å². The van der Waals surface area contributed by atoms with Crippen molar-refractivity contribution in [3.8, 4) is 0 Å². The maximum Gasteiger partial charge on any atom is 0.337 e. The first-order chi connectivity index (χ1) is 13.2. The first-order valence-corrected chi connectivity index (χ1v) is 10.2. The number of hydrogen-bond acceptors (Lipinski definition) is 4. The first kappa shape index (κ1) is 19.2. The maximum absolute atomic E-state index is 14.9. The summed E-state index contributed by atoms with van der Waals surface area (Å²) in [5.74, 6) is 0.473. The van der Waals surface area contributed by atoms with Crippen LogP contribution in [0.5, 0.6) is 0 Å². The van der Waals surface area contributed by atoms with E-state index in [0.717, 1.165) is 12.8 Å². The van der Waals surface area contributed by atoms with Crippen LogP contribution in [-0.4, -0.2) is 36.2 Å². The summed E-state index contributed by atoms with van der Waals surface area (Å²) in [7, 11) is 1.34. The van der Waals surface area contributed by atoms with Gasteiger partial charge in [-0.1, -0.05) is 6.07 Å². The number of methoxy groups -OCH3 is 1. The van der Waals surface area contributed by atoms with Gasteiger partial charge < -0.3 is 15.4 Å². The van der Waals surface area contributed by atoms with Gasteiger partial charge in [0.2, 0.25) is 5.91 Å². The number of carbonyl (C=O) groups is 2. The molecule has 2 N–H and O–H groups in total. The minimum Gasteiger partial charge on any atom is -0.465 e. The summed E-state index contributed by atoms with van der Waals surface area (Å²) in [6, 6.07) is 6.98. The number of benzene rings is 1. The molecule has 28 heavy (non-hydrogen) atoms. The number of nitrogens with one attached hydrogen (secondary N) is 2. The highest BCUT2D eigenvalue weighted by Crippen LogP contribution is 2.57. The van der Waals surface area contributed by atoms with E-state index in [1.165, 1.54) is 7.11 Å². The van der Waals surface area contributed by atoms with Crippen molar-refractivity contribution < 1.29 is 18.7 Å². The van der Waals surface area contributed by atoms with E-state index >= 15 is 0 Å². The van der Waals surface area contributed by atoms with Crippen molar-refractivity contribution in [2.24, 2.45) is 17.8 Å². The van der Waals surface area contributed by atoms with Crippen LogP contribution in [0.1, 0.15) is 56.3 Å². The average molecular weight is 388 g/mol. The highest BCUT2D eigenvalue weighted by Gasteiger charge is 2.56. The largest absolute Gasteiger partial charge is 0.465 e. The molecule has 152 valence electrons. The first-order valence-electron chi connectivity index (χ1n) is 10.2. The molecule has 4 aliphatic rings. The second-order valence-electron chi connectivity index (χ2n) is 9.44. The zero-order valence-electron chi connectivity index (χ0n) is 16.8. The molecule has 0 aromatic heterocycles. The Morgan fingerprint density at radius 3 is 2.46 bits per heavy atom. The molecular formula is C22H29FN2O3. The molecule has 0 heterocycles. The number of alkyl halides is 1. The molecule has 1 aromatic rings. The van der Waals surface area contributed by atoms with E-state index in [9.17, 15) is 14.0 Å². The Hall–Kier alpha value is -2.11. The van der Waals surface area contributed by atoms with E-state index in [0.29, 0.717) is 36.4 Å². The lowest BCUT2D eigenvalue weighted by molar-refractivity contribution is -0.133. The molecule has 1 unspecified atom stereocenters. The van der Waals surface area contributed by atoms with Gasteiger partial charge in [0.15, 0.2) is 0 Å². The summed E-state index contributed by atoms with van der Waals surface area (Å²) in [6.45, 7) is 3.64. The van der Waals surface area contributed by atoms with E-state index < -0.39 is 17.2 Å². The number of esters is 1. The van der Waals surface area contributed by atoms with Crippen LogP contribution in [-0.2, 0) is 9.53 Å². The predicted octanol–water partition coefficient (Wildman–Crippen LogP) is 3.70. The molecule has 4 saturated carbocycles. The van der Waals surface area contributed by atoms with E-state index in [4.69, 9.17) is 4.74 Å². The molecule has 4 bridgehead atoms. The van der Waals surface area contributed by atoms with E-state index in [2.05, 4.69) is 10.6 Å². The second-order valence-corrected chi connectivity index (χ2v) is 9.44. The quantitative estimate of drug-likeness (QED) is 0.755. The Kier molecular flexibility index (Phi) is 4.63. The number of amides is 1. The molecule has 0 radical (unpaired) electrons. The molecule has 4 fully saturated rings. The third-order valence-corrected chi connectivity index (χ3v) is 6.80. The van der Waals surface area contributed by atoms with Crippen LogP contribution < -0.4 is 10.6 Å². The Labute approximate surface area is 165 Å². The average Bonchev–Trinajstić information content (AvgIpc) is 2.62. The van der Waals surface area contributed by atoms with Gasteiger partial charge in [-0.3, -0.25) is 4.79 Å². The summed E-state index contributed by atoms with van der Waals surface area (Å²) >= 11 is 0. The lowest BCUT2D eigenvalue weighted by Crippen LogP contribution is -2.63. The van der Waals surface area contributed by atoms with Crippen LogP contribution >= 0.6 is 0 Å². The van der Waals surface area contributed by atoms with Crippen molar-refractivity contribution in [3.05, 3.63) is 29.8 Å². The monoisotopic (exact) mass is 388 g/mol. The van der Waals surface area contributed by atoms with Crippen molar-refractivity contribution in [1.29, 1.82) is 0 Å². The Balaban J connectivity index is 1.44. The Morgan fingerprint density at radius 2 is 1.86 bits per heavy atom. The van der Waals surface area contributed by atoms with Gasteiger partial charge in [-0.05, 0) is 81.9 Å². The van der Waals surface area contributed by atoms with Gasteiger partial charge in [0.05, 0.1) is 12.7 Å². The van der Waals surface area contributed by atoms with Crippen molar-refractivity contribution in [3.63, 3.8) is 0 Å². The van der Waals surface area contributed by atoms with Crippen LogP contribution in [0.2, 0.25) is 0 Å². The number of anilines is 1. The molecule has 4 aliphatic carbocycles. The minimum atomic E-state index is -1.00. The number of rotatable bonds is 5. The highest BCUT2D eigenvalue weighted by atomic mass is 19.1. The summed E-state index contributed by atoms with van der Waals surface area (Å²) in [5.41, 5.74) is -0.759. The van der Waals surface area contributed by atoms with Gasteiger partial charge >= 0.3 is 5.97 Å². The number of ether oxygens (including phenoxy) is 1. The number of halogens is 1. The molecule has 5 rings (SSSR count). The van der Waals surface area contributed by atoms with Crippen LogP contribution in [0.4, 0.5) is 10.1 Å². The van der Waals surface area contributed by atoms with Gasteiger partial charge in [-0.2, -0.15) is 0 Å². The topological polar surface area (TPSA) is 67.4 Å². The smallest absolute Gasteiger partial charge is 0.337 e. The van der Waals surface area contributed by atoms with Crippen molar-refractivity contribution >= 4 is 17.6 Å². The van der Waals surface area contributed by atoms with Crippen LogP contribution in [0.3, 0.4) is 0 Å². The number of hydrogen-bond donors (Lipinski definition) is 2. The Morgan fingerprint density at radius 1 is 1.18 bits per heavy atom. The SMILES string of the molecule is COC(=O)c1cccc(NC(C)(C)C(=O)N[C@H]2[C@@H]3CC4C[C@H]2C[C@](F)(C4)C3)c1. The molecule has 0 aliphatic heterocycles. The van der Waals surface area contributed by atoms with Gasteiger partial charge in [0.1, 0.15) is 11.2 Å². The van der Waals surface area contributed by atoms with Crippen molar-refractivity contribution in [1.82, 2.24) is 5.32 Å². The highest BCUT2D eigenvalue weighted by molar-refractivity contribution is 5.92. The zero-order valence-corrected chi connectivity index (χ0v) is 16.8. The fourth-order valence-electron chi connectivity index (χ4n) is 5.75. The summed E-state index contributed by atoms with van der Waals surface area (Å²) in [5, 5.41) is 6.45. The zero-order chi connectivity index (χ0) is 20.1. The lowest BCUT2D eigenvalue weighted by Gasteiger charge is -2.57. The van der Waals surface area contributed by atoms with Gasteiger partial charge in [-0.15, -0.1) is 0 Å². The molecule has 0 saturated heterocycles. The molecule has 5 atom stereocenters. The fourth-order valence-corrected chi connectivity index (χ4v) is 5.75. The lowest BCUT2D eigenvalue weighted by atomic mass is 9.53. The third kappa shape index (κ3) is 3.49. The predicted molar refractivity (Wildman–Crippen MR) is 105 cm³/mol. The minimum absolute atomic E-state index is 0.0652. The van der Waals surface area contributed by atoms with Crippen LogP contribution in [0, 0.1) is 17.8 Å². The van der Waals surface area contributed by atoms with Gasteiger partial charge in [0, 0.05) is 11.7 Å². The molecule has 1 amide bonds. The maximum atomic E-state index is 14.9. The molecular weight excluding hydrogens is 359 g/mol. The summed E-state index contributed by atoms with van der Waals surface area (Å²) < 4.78 is 19.6. The standard InChI is InChI=1S/C22H29FN2O3/c1-21(2,25-17-6-4-5-14(9-17)19(26)28-3)20(27)24-18-15-7-13-8-16(18)12-22(23,10-13)11-15/h4-6,9,13,15-16,18,25H,7-8,10-12H2,1-3H3,(H,24,27)/t13?,15-,16+,18+,22+. The van der Waals surface area contributed by atoms with Crippen molar-refractivity contribution in [2.75, 3.05) is 12.4 Å². The van der Waals surface area contributed by atoms with Crippen LogP contribution in [0.25, 0.3) is 0 Å². The van der Waals surface area contributed by atoms with Gasteiger partial charge in [-0.25, -0.2) is 9.18 Å². The molecule has 0 spiro atoms.